The summed E-state index contributed by atoms with van der Waals surface area (Å²) in [4.78, 5) is 12.0. The molecule has 1 aliphatic rings. The molecule has 0 bridgehead atoms. The Hall–Kier alpha value is -1.56. The molecule has 1 saturated carbocycles. The van der Waals surface area contributed by atoms with Crippen LogP contribution in [0.5, 0.6) is 5.75 Å². The Morgan fingerprint density at radius 2 is 1.95 bits per heavy atom. The summed E-state index contributed by atoms with van der Waals surface area (Å²) < 4.78 is 27.3. The summed E-state index contributed by atoms with van der Waals surface area (Å²) in [5.41, 5.74) is 1.14. The number of ether oxygens (including phenoxy) is 1. The Morgan fingerprint density at radius 1 is 1.32 bits per heavy atom. The van der Waals surface area contributed by atoms with Gasteiger partial charge in [-0.1, -0.05) is 12.1 Å². The Kier molecular flexibility index (Phi) is 5.45. The first kappa shape index (κ1) is 16.8. The number of hydrogen-bond donors (Lipinski definition) is 1. The predicted octanol–water partition coefficient (Wildman–Crippen LogP) is 1.74. The molecule has 6 heteroatoms. The van der Waals surface area contributed by atoms with Crippen LogP contribution in [0.2, 0.25) is 0 Å². The normalized spacial score (nSPS) is 16.1. The number of carbonyl (C=O) groups excluding carboxylic acids is 1. The molecular formula is C16H23NO4S. The average Bonchev–Trinajstić information content (AvgIpc) is 3.28. The Labute approximate surface area is 132 Å². The second kappa shape index (κ2) is 7.13. The van der Waals surface area contributed by atoms with Crippen molar-refractivity contribution in [2.24, 2.45) is 5.92 Å². The molecule has 1 amide bonds. The summed E-state index contributed by atoms with van der Waals surface area (Å²) in [6.07, 6.45) is 3.87. The summed E-state index contributed by atoms with van der Waals surface area (Å²) in [7, 11) is -1.41. The molecule has 0 aromatic heterocycles. The third-order valence-electron chi connectivity index (χ3n) is 3.94. The molecule has 1 fully saturated rings. The minimum atomic E-state index is -3.04. The summed E-state index contributed by atoms with van der Waals surface area (Å²) in [6, 6.07) is 7.83. The first-order valence-corrected chi connectivity index (χ1v) is 9.53. The highest BCUT2D eigenvalue weighted by Gasteiger charge is 2.33. The van der Waals surface area contributed by atoms with Gasteiger partial charge in [0.1, 0.15) is 15.6 Å². The summed E-state index contributed by atoms with van der Waals surface area (Å²) in [5, 5.41) is 2.70. The van der Waals surface area contributed by atoms with Crippen molar-refractivity contribution in [3.63, 3.8) is 0 Å². The van der Waals surface area contributed by atoms with Crippen molar-refractivity contribution in [2.45, 2.75) is 25.2 Å². The van der Waals surface area contributed by atoms with Crippen molar-refractivity contribution in [3.05, 3.63) is 29.8 Å². The standard InChI is InChI=1S/C16H23NO4S/c1-21-14-7-5-13(6-8-14)15(12-3-4-12)11-16(18)17-9-10-22(2,19)20/h5-8,12,15H,3-4,9-11H2,1-2H3,(H,17,18). The highest BCUT2D eigenvalue weighted by Crippen LogP contribution is 2.44. The van der Waals surface area contributed by atoms with Crippen LogP contribution in [0.3, 0.4) is 0 Å². The second-order valence-electron chi connectivity index (χ2n) is 5.90. The first-order valence-electron chi connectivity index (χ1n) is 7.47. The van der Waals surface area contributed by atoms with Crippen LogP contribution in [-0.4, -0.2) is 40.0 Å². The number of sulfone groups is 1. The Morgan fingerprint density at radius 3 is 2.45 bits per heavy atom. The predicted molar refractivity (Wildman–Crippen MR) is 85.8 cm³/mol. The van der Waals surface area contributed by atoms with Crippen LogP contribution in [0.4, 0.5) is 0 Å². The van der Waals surface area contributed by atoms with Crippen LogP contribution in [0.25, 0.3) is 0 Å². The van der Waals surface area contributed by atoms with E-state index in [1.54, 1.807) is 7.11 Å². The zero-order valence-corrected chi connectivity index (χ0v) is 13.9. The molecule has 1 aromatic carbocycles. The van der Waals surface area contributed by atoms with Gasteiger partial charge >= 0.3 is 0 Å². The molecule has 1 aromatic rings. The van der Waals surface area contributed by atoms with Gasteiger partial charge < -0.3 is 10.1 Å². The zero-order chi connectivity index (χ0) is 16.2. The van der Waals surface area contributed by atoms with Crippen molar-refractivity contribution >= 4 is 15.7 Å². The maximum Gasteiger partial charge on any atom is 0.220 e. The van der Waals surface area contributed by atoms with Gasteiger partial charge in [0.05, 0.1) is 12.9 Å². The van der Waals surface area contributed by atoms with Gasteiger partial charge in [0.15, 0.2) is 0 Å². The van der Waals surface area contributed by atoms with Gasteiger partial charge in [0, 0.05) is 19.2 Å². The topological polar surface area (TPSA) is 72.5 Å². The fourth-order valence-corrected chi connectivity index (χ4v) is 3.03. The van der Waals surface area contributed by atoms with E-state index in [4.69, 9.17) is 4.74 Å². The van der Waals surface area contributed by atoms with E-state index in [9.17, 15) is 13.2 Å². The number of methoxy groups -OCH3 is 1. The van der Waals surface area contributed by atoms with E-state index in [0.29, 0.717) is 12.3 Å². The van der Waals surface area contributed by atoms with Crippen molar-refractivity contribution in [3.8, 4) is 5.75 Å². The number of amides is 1. The van der Waals surface area contributed by atoms with E-state index < -0.39 is 9.84 Å². The van der Waals surface area contributed by atoms with Crippen LogP contribution in [0.15, 0.2) is 24.3 Å². The van der Waals surface area contributed by atoms with Gasteiger partial charge in [-0.25, -0.2) is 8.42 Å². The van der Waals surface area contributed by atoms with Crippen molar-refractivity contribution < 1.29 is 17.9 Å². The monoisotopic (exact) mass is 325 g/mol. The molecule has 1 atom stereocenters. The van der Waals surface area contributed by atoms with Crippen LogP contribution < -0.4 is 10.1 Å². The fourth-order valence-electron chi connectivity index (χ4n) is 2.55. The van der Waals surface area contributed by atoms with E-state index >= 15 is 0 Å². The molecular weight excluding hydrogens is 302 g/mol. The lowest BCUT2D eigenvalue weighted by Gasteiger charge is -2.17. The van der Waals surface area contributed by atoms with Crippen LogP contribution in [0, 0.1) is 5.92 Å². The van der Waals surface area contributed by atoms with E-state index in [1.807, 2.05) is 24.3 Å². The summed E-state index contributed by atoms with van der Waals surface area (Å²) in [5.74, 6) is 1.44. The Bertz CT molecular complexity index is 606. The molecule has 1 aliphatic carbocycles. The van der Waals surface area contributed by atoms with Gasteiger partial charge in [-0.2, -0.15) is 0 Å². The SMILES string of the molecule is COc1ccc(C(CC(=O)NCCS(C)(=O)=O)C2CC2)cc1. The molecule has 5 nitrogen and oxygen atoms in total. The smallest absolute Gasteiger partial charge is 0.220 e. The largest absolute Gasteiger partial charge is 0.497 e. The van der Waals surface area contributed by atoms with E-state index in [0.717, 1.165) is 24.2 Å². The molecule has 0 spiro atoms. The Balaban J connectivity index is 1.92. The number of nitrogens with one attached hydrogen (secondary N) is 1. The zero-order valence-electron chi connectivity index (χ0n) is 13.0. The summed E-state index contributed by atoms with van der Waals surface area (Å²) in [6.45, 7) is 0.178. The molecule has 122 valence electrons. The van der Waals surface area contributed by atoms with Crippen molar-refractivity contribution in [1.82, 2.24) is 5.32 Å². The van der Waals surface area contributed by atoms with Crippen LogP contribution in [0.1, 0.15) is 30.7 Å². The van der Waals surface area contributed by atoms with Crippen molar-refractivity contribution in [1.29, 1.82) is 0 Å². The van der Waals surface area contributed by atoms with E-state index in [2.05, 4.69) is 5.32 Å². The molecule has 0 saturated heterocycles. The highest BCUT2D eigenvalue weighted by molar-refractivity contribution is 7.90. The minimum absolute atomic E-state index is 0.0185. The molecule has 2 rings (SSSR count). The third-order valence-corrected chi connectivity index (χ3v) is 4.88. The van der Waals surface area contributed by atoms with Gasteiger partial charge in [0.25, 0.3) is 0 Å². The maximum atomic E-state index is 12.0. The average molecular weight is 325 g/mol. The van der Waals surface area contributed by atoms with Gasteiger partial charge in [-0.15, -0.1) is 0 Å². The highest BCUT2D eigenvalue weighted by atomic mass is 32.2. The van der Waals surface area contributed by atoms with Gasteiger partial charge in [0.2, 0.25) is 5.91 Å². The number of rotatable bonds is 8. The fraction of sp³-hybridized carbons (Fsp3) is 0.562. The number of hydrogen-bond acceptors (Lipinski definition) is 4. The molecule has 1 unspecified atom stereocenters. The maximum absolute atomic E-state index is 12.0. The van der Waals surface area contributed by atoms with Crippen molar-refractivity contribution in [2.75, 3.05) is 25.7 Å². The molecule has 0 radical (unpaired) electrons. The van der Waals surface area contributed by atoms with E-state index in [-0.39, 0.29) is 24.1 Å². The molecule has 0 heterocycles. The third kappa shape index (κ3) is 5.33. The van der Waals surface area contributed by atoms with Gasteiger partial charge in [-0.3, -0.25) is 4.79 Å². The quantitative estimate of drug-likeness (QED) is 0.790. The first-order chi connectivity index (χ1) is 10.4. The molecule has 1 N–H and O–H groups in total. The minimum Gasteiger partial charge on any atom is -0.497 e. The second-order valence-corrected chi connectivity index (χ2v) is 8.16. The number of benzene rings is 1. The lowest BCUT2D eigenvalue weighted by atomic mass is 9.90. The lowest BCUT2D eigenvalue weighted by Crippen LogP contribution is -2.30. The summed E-state index contributed by atoms with van der Waals surface area (Å²) >= 11 is 0. The van der Waals surface area contributed by atoms with Crippen LogP contribution >= 0.6 is 0 Å². The molecule has 0 aliphatic heterocycles. The van der Waals surface area contributed by atoms with Crippen LogP contribution in [-0.2, 0) is 14.6 Å². The lowest BCUT2D eigenvalue weighted by molar-refractivity contribution is -0.121. The number of carbonyl (C=O) groups is 1. The molecule has 22 heavy (non-hydrogen) atoms. The van der Waals surface area contributed by atoms with E-state index in [1.165, 1.54) is 6.26 Å². The van der Waals surface area contributed by atoms with Gasteiger partial charge in [-0.05, 0) is 42.4 Å².